The molecule has 7 nitrogen and oxygen atoms in total. The lowest BCUT2D eigenvalue weighted by Crippen LogP contribution is -2.47. The van der Waals surface area contributed by atoms with Crippen molar-refractivity contribution < 1.29 is 17.9 Å². The van der Waals surface area contributed by atoms with Crippen LogP contribution in [-0.2, 0) is 26.0 Å². The molecule has 2 aliphatic rings. The number of hydrogen-bond acceptors (Lipinski definition) is 5. The second-order valence-corrected chi connectivity index (χ2v) is 9.94. The number of sulfonamides is 1. The van der Waals surface area contributed by atoms with Crippen LogP contribution in [-0.4, -0.2) is 81.8 Å². The van der Waals surface area contributed by atoms with Gasteiger partial charge in [-0.1, -0.05) is 30.3 Å². The number of hydrogen-bond donors (Lipinski definition) is 1. The number of carbonyl (C=O) groups excluding carboxylic acids is 1. The Balaban J connectivity index is 1.41. The predicted octanol–water partition coefficient (Wildman–Crippen LogP) is 1.11. The van der Waals surface area contributed by atoms with Crippen LogP contribution in [0.25, 0.3) is 0 Å². The van der Waals surface area contributed by atoms with E-state index in [1.165, 1.54) is 4.31 Å². The van der Waals surface area contributed by atoms with Gasteiger partial charge in [0.25, 0.3) is 0 Å². The first-order valence-corrected chi connectivity index (χ1v) is 12.2. The van der Waals surface area contributed by atoms with Crippen molar-refractivity contribution >= 4 is 15.9 Å². The fraction of sp³-hybridized carbons (Fsp3) is 0.667. The molecule has 2 aliphatic heterocycles. The molecule has 0 aliphatic carbocycles. The molecule has 2 heterocycles. The van der Waals surface area contributed by atoms with Crippen LogP contribution >= 0.6 is 0 Å². The lowest BCUT2D eigenvalue weighted by molar-refractivity contribution is -0.126. The summed E-state index contributed by atoms with van der Waals surface area (Å²) in [5.41, 5.74) is 1.15. The Morgan fingerprint density at radius 3 is 2.66 bits per heavy atom. The lowest BCUT2D eigenvalue weighted by atomic mass is 9.99. The minimum Gasteiger partial charge on any atom is -0.379 e. The van der Waals surface area contributed by atoms with Crippen LogP contribution in [0.3, 0.4) is 0 Å². The molecular formula is C21H33N3O4S. The van der Waals surface area contributed by atoms with Gasteiger partial charge in [0.05, 0.1) is 24.9 Å². The Labute approximate surface area is 174 Å². The van der Waals surface area contributed by atoms with Crippen LogP contribution in [0.1, 0.15) is 24.8 Å². The number of carbonyl (C=O) groups is 1. The SMILES string of the molecule is O=C(NCCN1CCOCC1)[C@H]1CCCN(S(=O)(=O)CCCc2ccccc2)C1. The largest absolute Gasteiger partial charge is 0.379 e. The van der Waals surface area contributed by atoms with E-state index in [1.54, 1.807) is 0 Å². The van der Waals surface area contributed by atoms with Gasteiger partial charge in [-0.15, -0.1) is 0 Å². The second kappa shape index (κ2) is 11.1. The molecule has 1 aromatic rings. The smallest absolute Gasteiger partial charge is 0.224 e. The number of piperidine rings is 1. The van der Waals surface area contributed by atoms with Gasteiger partial charge in [0, 0.05) is 39.3 Å². The van der Waals surface area contributed by atoms with Crippen LogP contribution < -0.4 is 5.32 Å². The highest BCUT2D eigenvalue weighted by atomic mass is 32.2. The monoisotopic (exact) mass is 423 g/mol. The van der Waals surface area contributed by atoms with E-state index in [0.29, 0.717) is 26.1 Å². The fourth-order valence-electron chi connectivity index (χ4n) is 3.95. The number of benzene rings is 1. The zero-order chi connectivity index (χ0) is 20.5. The van der Waals surface area contributed by atoms with E-state index in [-0.39, 0.29) is 17.6 Å². The van der Waals surface area contributed by atoms with Crippen molar-refractivity contribution in [3.63, 3.8) is 0 Å². The summed E-state index contributed by atoms with van der Waals surface area (Å²) in [6.45, 7) is 5.51. The summed E-state index contributed by atoms with van der Waals surface area (Å²) >= 11 is 0. The van der Waals surface area contributed by atoms with Crippen LogP contribution in [0.4, 0.5) is 0 Å². The highest BCUT2D eigenvalue weighted by Crippen LogP contribution is 2.20. The van der Waals surface area contributed by atoms with E-state index in [1.807, 2.05) is 30.3 Å². The molecule has 29 heavy (non-hydrogen) atoms. The predicted molar refractivity (Wildman–Crippen MR) is 113 cm³/mol. The highest BCUT2D eigenvalue weighted by Gasteiger charge is 2.31. The van der Waals surface area contributed by atoms with E-state index in [9.17, 15) is 13.2 Å². The maximum atomic E-state index is 12.7. The quantitative estimate of drug-likeness (QED) is 0.644. The fourth-order valence-corrected chi connectivity index (χ4v) is 5.53. The minimum absolute atomic E-state index is 0.0255. The van der Waals surface area contributed by atoms with Crippen molar-refractivity contribution in [1.82, 2.24) is 14.5 Å². The number of rotatable bonds is 9. The van der Waals surface area contributed by atoms with Gasteiger partial charge >= 0.3 is 0 Å². The Morgan fingerprint density at radius 2 is 1.90 bits per heavy atom. The van der Waals surface area contributed by atoms with E-state index in [2.05, 4.69) is 10.2 Å². The molecular weight excluding hydrogens is 390 g/mol. The van der Waals surface area contributed by atoms with Gasteiger partial charge in [0.15, 0.2) is 0 Å². The average Bonchev–Trinajstić information content (AvgIpc) is 2.75. The number of aryl methyl sites for hydroxylation is 1. The van der Waals surface area contributed by atoms with Crippen molar-refractivity contribution in [3.8, 4) is 0 Å². The third-order valence-corrected chi connectivity index (χ3v) is 7.61. The van der Waals surface area contributed by atoms with Gasteiger partial charge in [-0.05, 0) is 31.2 Å². The Morgan fingerprint density at radius 1 is 1.14 bits per heavy atom. The first-order chi connectivity index (χ1) is 14.0. The Kier molecular flexibility index (Phi) is 8.47. The van der Waals surface area contributed by atoms with E-state index in [4.69, 9.17) is 4.74 Å². The van der Waals surface area contributed by atoms with Gasteiger partial charge in [-0.25, -0.2) is 12.7 Å². The second-order valence-electron chi connectivity index (χ2n) is 7.85. The molecule has 2 saturated heterocycles. The standard InChI is InChI=1S/C21H33N3O4S/c25-21(22-10-12-23-13-15-28-16-14-23)20-9-4-11-24(18-20)29(26,27)17-5-8-19-6-2-1-3-7-19/h1-3,6-7,20H,4-5,8-18H2,(H,22,25)/t20-/m0/s1. The van der Waals surface area contributed by atoms with Gasteiger partial charge < -0.3 is 10.1 Å². The van der Waals surface area contributed by atoms with Crippen molar-refractivity contribution in [1.29, 1.82) is 0 Å². The highest BCUT2D eigenvalue weighted by molar-refractivity contribution is 7.89. The number of amides is 1. The molecule has 0 radical (unpaired) electrons. The van der Waals surface area contributed by atoms with Crippen molar-refractivity contribution in [2.24, 2.45) is 5.92 Å². The summed E-state index contributed by atoms with van der Waals surface area (Å²) < 4.78 is 32.3. The average molecular weight is 424 g/mol. The molecule has 0 saturated carbocycles. The molecule has 2 fully saturated rings. The molecule has 1 amide bonds. The molecule has 0 unspecified atom stereocenters. The first-order valence-electron chi connectivity index (χ1n) is 10.6. The third kappa shape index (κ3) is 7.06. The van der Waals surface area contributed by atoms with Crippen LogP contribution in [0, 0.1) is 5.92 Å². The molecule has 0 spiro atoms. The van der Waals surface area contributed by atoms with Crippen molar-refractivity contribution in [2.45, 2.75) is 25.7 Å². The molecule has 8 heteroatoms. The molecule has 1 N–H and O–H groups in total. The zero-order valence-electron chi connectivity index (χ0n) is 17.1. The van der Waals surface area contributed by atoms with Gasteiger partial charge in [-0.3, -0.25) is 9.69 Å². The summed E-state index contributed by atoms with van der Waals surface area (Å²) in [6, 6.07) is 9.93. The van der Waals surface area contributed by atoms with Gasteiger partial charge in [0.2, 0.25) is 15.9 Å². The Hall–Kier alpha value is -1.48. The van der Waals surface area contributed by atoms with Crippen LogP contribution in [0.15, 0.2) is 30.3 Å². The Bertz CT molecular complexity index is 736. The van der Waals surface area contributed by atoms with E-state index < -0.39 is 10.0 Å². The number of ether oxygens (including phenoxy) is 1. The summed E-state index contributed by atoms with van der Waals surface area (Å²) in [7, 11) is -3.33. The van der Waals surface area contributed by atoms with Gasteiger partial charge in [-0.2, -0.15) is 0 Å². The topological polar surface area (TPSA) is 79.0 Å². The zero-order valence-corrected chi connectivity index (χ0v) is 17.9. The first kappa shape index (κ1) is 22.2. The summed E-state index contributed by atoms with van der Waals surface area (Å²) in [5, 5.41) is 2.99. The molecule has 0 aromatic heterocycles. The minimum atomic E-state index is -3.33. The summed E-state index contributed by atoms with van der Waals surface area (Å²) in [5.74, 6) is -0.146. The van der Waals surface area contributed by atoms with E-state index >= 15 is 0 Å². The van der Waals surface area contributed by atoms with Crippen LogP contribution in [0.2, 0.25) is 0 Å². The molecule has 0 bridgehead atoms. The molecule has 1 aromatic carbocycles. The van der Waals surface area contributed by atoms with E-state index in [0.717, 1.165) is 57.7 Å². The molecule has 3 rings (SSSR count). The number of nitrogens with zero attached hydrogens (tertiary/aromatic N) is 2. The number of morpholine rings is 1. The third-order valence-electron chi connectivity index (χ3n) is 5.69. The molecule has 162 valence electrons. The lowest BCUT2D eigenvalue weighted by Gasteiger charge is -2.31. The normalized spacial score (nSPS) is 21.7. The summed E-state index contributed by atoms with van der Waals surface area (Å²) in [4.78, 5) is 14.8. The molecule has 1 atom stereocenters. The maximum absolute atomic E-state index is 12.7. The van der Waals surface area contributed by atoms with Crippen molar-refractivity contribution in [3.05, 3.63) is 35.9 Å². The maximum Gasteiger partial charge on any atom is 0.224 e. The van der Waals surface area contributed by atoms with Crippen LogP contribution in [0.5, 0.6) is 0 Å². The number of nitrogens with one attached hydrogen (secondary N) is 1. The summed E-state index contributed by atoms with van der Waals surface area (Å²) in [6.07, 6.45) is 2.83. The van der Waals surface area contributed by atoms with Gasteiger partial charge in [0.1, 0.15) is 0 Å². The van der Waals surface area contributed by atoms with Crippen molar-refractivity contribution in [2.75, 3.05) is 58.2 Å².